The number of benzene rings is 1. The smallest absolute Gasteiger partial charge is 0.271 e. The lowest BCUT2D eigenvalue weighted by Gasteiger charge is -2.42. The number of fused-ring (bicyclic) bond motifs is 1. The van der Waals surface area contributed by atoms with Gasteiger partial charge in [-0.25, -0.2) is 0 Å². The van der Waals surface area contributed by atoms with E-state index in [0.29, 0.717) is 24.4 Å². The molecule has 1 aliphatic heterocycles. The van der Waals surface area contributed by atoms with Gasteiger partial charge in [0.1, 0.15) is 5.75 Å². The van der Waals surface area contributed by atoms with Crippen LogP contribution in [0.15, 0.2) is 18.2 Å². The molecular formula is C17H26N2O2. The third-order valence-corrected chi connectivity index (χ3v) is 4.29. The summed E-state index contributed by atoms with van der Waals surface area (Å²) in [4.78, 5) is 14.8. The predicted octanol–water partition coefficient (Wildman–Crippen LogP) is 3.60. The standard InChI is InChI=1S/C17H26N2O2/c1-5-17(6-2)16(20)19(10-9-12(3)4)14-8-7-13(18)11-15(14)21-17/h7-8,11-12H,5-6,9-10,18H2,1-4H3. The SMILES string of the molecule is CCC1(CC)Oc2cc(N)ccc2N(CCC(C)C)C1=O. The molecule has 0 bridgehead atoms. The van der Waals surface area contributed by atoms with Crippen molar-refractivity contribution in [2.75, 3.05) is 17.2 Å². The number of hydrogen-bond acceptors (Lipinski definition) is 3. The molecule has 4 nitrogen and oxygen atoms in total. The van der Waals surface area contributed by atoms with Crippen LogP contribution in [-0.2, 0) is 4.79 Å². The third kappa shape index (κ3) is 2.85. The quantitative estimate of drug-likeness (QED) is 0.843. The van der Waals surface area contributed by atoms with Crippen LogP contribution in [0.2, 0.25) is 0 Å². The number of ether oxygens (including phenoxy) is 1. The molecule has 21 heavy (non-hydrogen) atoms. The Balaban J connectivity index is 2.44. The number of hydrogen-bond donors (Lipinski definition) is 1. The van der Waals surface area contributed by atoms with Gasteiger partial charge in [0.25, 0.3) is 5.91 Å². The van der Waals surface area contributed by atoms with E-state index in [0.717, 1.165) is 24.4 Å². The zero-order valence-electron chi connectivity index (χ0n) is 13.5. The van der Waals surface area contributed by atoms with Crippen molar-refractivity contribution >= 4 is 17.3 Å². The summed E-state index contributed by atoms with van der Waals surface area (Å²) in [6.45, 7) is 9.06. The van der Waals surface area contributed by atoms with E-state index >= 15 is 0 Å². The lowest BCUT2D eigenvalue weighted by molar-refractivity contribution is -0.136. The molecule has 116 valence electrons. The highest BCUT2D eigenvalue weighted by Gasteiger charge is 2.45. The van der Waals surface area contributed by atoms with Crippen LogP contribution in [0.1, 0.15) is 47.0 Å². The predicted molar refractivity (Wildman–Crippen MR) is 86.6 cm³/mol. The summed E-state index contributed by atoms with van der Waals surface area (Å²) in [6, 6.07) is 5.53. The average Bonchev–Trinajstić information content (AvgIpc) is 2.45. The normalized spacial score (nSPS) is 16.8. The van der Waals surface area contributed by atoms with E-state index in [4.69, 9.17) is 10.5 Å². The summed E-state index contributed by atoms with van der Waals surface area (Å²) < 4.78 is 6.08. The van der Waals surface area contributed by atoms with E-state index in [1.54, 1.807) is 0 Å². The third-order valence-electron chi connectivity index (χ3n) is 4.29. The van der Waals surface area contributed by atoms with E-state index in [1.165, 1.54) is 0 Å². The van der Waals surface area contributed by atoms with Crippen LogP contribution >= 0.6 is 0 Å². The van der Waals surface area contributed by atoms with Crippen molar-refractivity contribution in [2.24, 2.45) is 5.92 Å². The molecule has 0 radical (unpaired) electrons. The fraction of sp³-hybridized carbons (Fsp3) is 0.588. The minimum absolute atomic E-state index is 0.0745. The van der Waals surface area contributed by atoms with Crippen LogP contribution in [0.25, 0.3) is 0 Å². The maximum Gasteiger partial charge on any atom is 0.271 e. The van der Waals surface area contributed by atoms with Crippen molar-refractivity contribution in [3.8, 4) is 5.75 Å². The topological polar surface area (TPSA) is 55.6 Å². The summed E-state index contributed by atoms with van der Waals surface area (Å²) in [7, 11) is 0. The van der Waals surface area contributed by atoms with Gasteiger partial charge in [0.05, 0.1) is 5.69 Å². The van der Waals surface area contributed by atoms with Crippen LogP contribution in [0.5, 0.6) is 5.75 Å². The molecule has 2 N–H and O–H groups in total. The molecule has 0 fully saturated rings. The van der Waals surface area contributed by atoms with E-state index in [1.807, 2.05) is 36.9 Å². The lowest BCUT2D eigenvalue weighted by Crippen LogP contribution is -2.56. The van der Waals surface area contributed by atoms with Crippen molar-refractivity contribution < 1.29 is 9.53 Å². The second-order valence-corrected chi connectivity index (χ2v) is 6.17. The monoisotopic (exact) mass is 290 g/mol. The first-order chi connectivity index (χ1) is 9.93. The number of carbonyl (C=O) groups excluding carboxylic acids is 1. The molecule has 0 aromatic heterocycles. The van der Waals surface area contributed by atoms with Gasteiger partial charge in [-0.1, -0.05) is 27.7 Å². The molecule has 1 aromatic rings. The highest BCUT2D eigenvalue weighted by atomic mass is 16.5. The average molecular weight is 290 g/mol. The molecule has 0 aliphatic carbocycles. The second-order valence-electron chi connectivity index (χ2n) is 6.17. The largest absolute Gasteiger partial charge is 0.475 e. The Bertz CT molecular complexity index is 522. The maximum atomic E-state index is 12.9. The van der Waals surface area contributed by atoms with Crippen LogP contribution < -0.4 is 15.4 Å². The number of nitrogen functional groups attached to an aromatic ring is 1. The van der Waals surface area contributed by atoms with E-state index in [9.17, 15) is 4.79 Å². The Kier molecular flexibility index (Phi) is 4.45. The van der Waals surface area contributed by atoms with Gasteiger partial charge < -0.3 is 15.4 Å². The zero-order chi connectivity index (χ0) is 15.6. The first-order valence-corrected chi connectivity index (χ1v) is 7.84. The number of anilines is 2. The fourth-order valence-electron chi connectivity index (χ4n) is 2.75. The number of rotatable bonds is 5. The molecule has 0 saturated carbocycles. The summed E-state index contributed by atoms with van der Waals surface area (Å²) in [5.74, 6) is 1.35. The molecule has 0 unspecified atom stereocenters. The molecule has 4 heteroatoms. The Labute approximate surface area is 127 Å². The molecule has 1 aromatic carbocycles. The molecule has 0 saturated heterocycles. The van der Waals surface area contributed by atoms with Crippen LogP contribution in [0, 0.1) is 5.92 Å². The highest BCUT2D eigenvalue weighted by Crippen LogP contribution is 2.41. The van der Waals surface area contributed by atoms with Crippen LogP contribution in [0.4, 0.5) is 11.4 Å². The minimum Gasteiger partial charge on any atom is -0.475 e. The molecule has 1 amide bonds. The summed E-state index contributed by atoms with van der Waals surface area (Å²) in [6.07, 6.45) is 2.29. The van der Waals surface area contributed by atoms with Gasteiger partial charge in [-0.3, -0.25) is 4.79 Å². The highest BCUT2D eigenvalue weighted by molar-refractivity contribution is 6.03. The Hall–Kier alpha value is -1.71. The molecule has 0 spiro atoms. The first-order valence-electron chi connectivity index (χ1n) is 7.84. The van der Waals surface area contributed by atoms with Crippen molar-refractivity contribution in [3.05, 3.63) is 18.2 Å². The molecule has 0 atom stereocenters. The molecule has 2 rings (SSSR count). The fourth-order valence-corrected chi connectivity index (χ4v) is 2.75. The summed E-state index contributed by atoms with van der Waals surface area (Å²) >= 11 is 0. The van der Waals surface area contributed by atoms with Crippen LogP contribution in [0.3, 0.4) is 0 Å². The minimum atomic E-state index is -0.752. The van der Waals surface area contributed by atoms with E-state index < -0.39 is 5.60 Å². The van der Waals surface area contributed by atoms with Gasteiger partial charge in [-0.05, 0) is 37.3 Å². The number of carbonyl (C=O) groups is 1. The molecular weight excluding hydrogens is 264 g/mol. The number of nitrogens with zero attached hydrogens (tertiary/aromatic N) is 1. The molecule has 1 heterocycles. The Morgan fingerprint density at radius 2 is 1.95 bits per heavy atom. The first kappa shape index (κ1) is 15.7. The number of amides is 1. The lowest BCUT2D eigenvalue weighted by atomic mass is 9.92. The number of nitrogens with two attached hydrogens (primary N) is 1. The zero-order valence-corrected chi connectivity index (χ0v) is 13.5. The van der Waals surface area contributed by atoms with Gasteiger partial charge in [0, 0.05) is 18.3 Å². The van der Waals surface area contributed by atoms with Crippen LogP contribution in [-0.4, -0.2) is 18.1 Å². The van der Waals surface area contributed by atoms with Gasteiger partial charge in [-0.15, -0.1) is 0 Å². The van der Waals surface area contributed by atoms with E-state index in [2.05, 4.69) is 13.8 Å². The van der Waals surface area contributed by atoms with Gasteiger partial charge >= 0.3 is 0 Å². The van der Waals surface area contributed by atoms with Crippen molar-refractivity contribution in [1.29, 1.82) is 0 Å². The van der Waals surface area contributed by atoms with Crippen molar-refractivity contribution in [2.45, 2.75) is 52.6 Å². The Morgan fingerprint density at radius 3 is 2.52 bits per heavy atom. The molecule has 1 aliphatic rings. The van der Waals surface area contributed by atoms with Gasteiger partial charge in [0.15, 0.2) is 5.60 Å². The van der Waals surface area contributed by atoms with E-state index in [-0.39, 0.29) is 5.91 Å². The van der Waals surface area contributed by atoms with Crippen molar-refractivity contribution in [1.82, 2.24) is 0 Å². The van der Waals surface area contributed by atoms with Gasteiger partial charge in [-0.2, -0.15) is 0 Å². The van der Waals surface area contributed by atoms with Crippen molar-refractivity contribution in [3.63, 3.8) is 0 Å². The maximum absolute atomic E-state index is 12.9. The van der Waals surface area contributed by atoms with Gasteiger partial charge in [0.2, 0.25) is 0 Å². The second kappa shape index (κ2) is 5.96. The Morgan fingerprint density at radius 1 is 1.29 bits per heavy atom. The summed E-state index contributed by atoms with van der Waals surface area (Å²) in [5.41, 5.74) is 6.62. The summed E-state index contributed by atoms with van der Waals surface area (Å²) in [5, 5.41) is 0.